The van der Waals surface area contributed by atoms with Crippen LogP contribution in [0, 0.1) is 11.8 Å². The third-order valence-corrected chi connectivity index (χ3v) is 5.38. The molecule has 0 spiro atoms. The first kappa shape index (κ1) is 16.4. The summed E-state index contributed by atoms with van der Waals surface area (Å²) in [5, 5.41) is 0. The molecule has 0 unspecified atom stereocenters. The molecule has 0 bridgehead atoms. The van der Waals surface area contributed by atoms with E-state index in [1.165, 1.54) is 5.56 Å². The Morgan fingerprint density at radius 2 is 1.60 bits per heavy atom. The molecule has 4 atom stereocenters. The van der Waals surface area contributed by atoms with E-state index in [0.717, 1.165) is 36.7 Å². The molecule has 0 aliphatic carbocycles. The van der Waals surface area contributed by atoms with Crippen LogP contribution in [0.4, 0.5) is 0 Å². The monoisotopic (exact) mass is 340 g/mol. The van der Waals surface area contributed by atoms with E-state index >= 15 is 0 Å². The molecule has 4 rings (SSSR count). The largest absolute Gasteiger partial charge is 0.493 e. The second kappa shape index (κ2) is 7.06. The number of methoxy groups -OCH3 is 2. The molecule has 2 saturated heterocycles. The molecule has 2 aliphatic heterocycles. The van der Waals surface area contributed by atoms with Gasteiger partial charge in [0.25, 0.3) is 0 Å². The molecule has 2 aromatic rings. The molecule has 0 N–H and O–H groups in total. The van der Waals surface area contributed by atoms with E-state index in [0.29, 0.717) is 11.8 Å². The van der Waals surface area contributed by atoms with Crippen molar-refractivity contribution in [1.82, 2.24) is 0 Å². The fourth-order valence-electron chi connectivity index (χ4n) is 4.15. The summed E-state index contributed by atoms with van der Waals surface area (Å²) in [5.41, 5.74) is 2.35. The first-order valence-corrected chi connectivity index (χ1v) is 8.82. The summed E-state index contributed by atoms with van der Waals surface area (Å²) >= 11 is 0. The summed E-state index contributed by atoms with van der Waals surface area (Å²) in [6.07, 6.45) is 1.13. The van der Waals surface area contributed by atoms with Gasteiger partial charge in [0.1, 0.15) is 0 Å². The van der Waals surface area contributed by atoms with Crippen molar-refractivity contribution in [3.63, 3.8) is 0 Å². The van der Waals surface area contributed by atoms with Crippen LogP contribution in [0.1, 0.15) is 29.8 Å². The van der Waals surface area contributed by atoms with Crippen LogP contribution in [-0.2, 0) is 9.47 Å². The van der Waals surface area contributed by atoms with Crippen molar-refractivity contribution in [2.24, 2.45) is 11.8 Å². The zero-order chi connectivity index (χ0) is 17.2. The molecular formula is C21H24O4. The molecular weight excluding hydrogens is 316 g/mol. The Morgan fingerprint density at radius 1 is 0.840 bits per heavy atom. The lowest BCUT2D eigenvalue weighted by molar-refractivity contribution is -0.0606. The standard InChI is InChI=1S/C21H24O4/c1-22-17-9-8-15(12-18(17)23-2)21-19-16(10-11-24-21)13-25-20(19)14-6-4-3-5-7-14/h3-9,12,16,19-21H,10-11,13H2,1-2H3/t16-,19+,20-,21+/m0/s1. The first-order valence-electron chi connectivity index (χ1n) is 8.82. The first-order chi connectivity index (χ1) is 12.3. The Balaban J connectivity index is 1.68. The Bertz CT molecular complexity index is 715. The van der Waals surface area contributed by atoms with Gasteiger partial charge in [0.2, 0.25) is 0 Å². The average molecular weight is 340 g/mol. The molecule has 2 heterocycles. The van der Waals surface area contributed by atoms with Crippen LogP contribution in [0.3, 0.4) is 0 Å². The predicted molar refractivity (Wildman–Crippen MR) is 95.0 cm³/mol. The van der Waals surface area contributed by atoms with Gasteiger partial charge in [0.15, 0.2) is 11.5 Å². The summed E-state index contributed by atoms with van der Waals surface area (Å²) in [6, 6.07) is 16.5. The molecule has 132 valence electrons. The zero-order valence-electron chi connectivity index (χ0n) is 14.7. The fraction of sp³-hybridized carbons (Fsp3) is 0.429. The minimum absolute atomic E-state index is 0.00580. The summed E-state index contributed by atoms with van der Waals surface area (Å²) in [7, 11) is 3.32. The fourth-order valence-corrected chi connectivity index (χ4v) is 4.15. The van der Waals surface area contributed by atoms with Gasteiger partial charge in [-0.25, -0.2) is 0 Å². The highest BCUT2D eigenvalue weighted by molar-refractivity contribution is 5.44. The summed E-state index contributed by atoms with van der Waals surface area (Å²) < 4.78 is 23.3. The van der Waals surface area contributed by atoms with Crippen molar-refractivity contribution in [1.29, 1.82) is 0 Å². The smallest absolute Gasteiger partial charge is 0.161 e. The number of rotatable bonds is 4. The molecule has 0 saturated carbocycles. The van der Waals surface area contributed by atoms with Crippen LogP contribution in [0.15, 0.2) is 48.5 Å². The van der Waals surface area contributed by atoms with Crippen LogP contribution in [0.5, 0.6) is 11.5 Å². The second-order valence-electron chi connectivity index (χ2n) is 6.70. The highest BCUT2D eigenvalue weighted by atomic mass is 16.5. The Morgan fingerprint density at radius 3 is 2.36 bits per heavy atom. The average Bonchev–Trinajstić information content (AvgIpc) is 3.12. The molecule has 0 radical (unpaired) electrons. The van der Waals surface area contributed by atoms with Gasteiger partial charge in [0.05, 0.1) is 33.0 Å². The van der Waals surface area contributed by atoms with Crippen LogP contribution in [-0.4, -0.2) is 27.4 Å². The molecule has 0 aromatic heterocycles. The summed E-state index contributed by atoms with van der Waals surface area (Å²) in [4.78, 5) is 0. The number of ether oxygens (including phenoxy) is 4. The topological polar surface area (TPSA) is 36.9 Å². The van der Waals surface area contributed by atoms with Gasteiger partial charge >= 0.3 is 0 Å². The Kier molecular flexibility index (Phi) is 4.64. The van der Waals surface area contributed by atoms with Gasteiger partial charge in [-0.2, -0.15) is 0 Å². The molecule has 0 amide bonds. The maximum absolute atomic E-state index is 6.23. The Labute approximate surface area is 148 Å². The van der Waals surface area contributed by atoms with Crippen LogP contribution >= 0.6 is 0 Å². The molecule has 4 heteroatoms. The molecule has 25 heavy (non-hydrogen) atoms. The van der Waals surface area contributed by atoms with Crippen molar-refractivity contribution >= 4 is 0 Å². The van der Waals surface area contributed by atoms with Crippen LogP contribution < -0.4 is 9.47 Å². The normalized spacial score (nSPS) is 28.4. The molecule has 2 aliphatic rings. The third kappa shape index (κ3) is 3.00. The van der Waals surface area contributed by atoms with Crippen molar-refractivity contribution in [3.8, 4) is 11.5 Å². The lowest BCUT2D eigenvalue weighted by Gasteiger charge is -2.36. The van der Waals surface area contributed by atoms with Gasteiger partial charge in [-0.15, -0.1) is 0 Å². The van der Waals surface area contributed by atoms with E-state index in [-0.39, 0.29) is 12.2 Å². The minimum atomic E-state index is 0.00580. The molecule has 4 nitrogen and oxygen atoms in total. The van der Waals surface area contributed by atoms with E-state index in [9.17, 15) is 0 Å². The number of hydrogen-bond acceptors (Lipinski definition) is 4. The van der Waals surface area contributed by atoms with E-state index in [1.54, 1.807) is 14.2 Å². The van der Waals surface area contributed by atoms with Gasteiger partial charge < -0.3 is 18.9 Å². The maximum atomic E-state index is 6.23. The van der Waals surface area contributed by atoms with Crippen LogP contribution in [0.25, 0.3) is 0 Å². The highest BCUT2D eigenvalue weighted by Gasteiger charge is 2.46. The lowest BCUT2D eigenvalue weighted by Crippen LogP contribution is -2.31. The van der Waals surface area contributed by atoms with E-state index < -0.39 is 0 Å². The van der Waals surface area contributed by atoms with Crippen LogP contribution in [0.2, 0.25) is 0 Å². The Hall–Kier alpha value is -2.04. The van der Waals surface area contributed by atoms with Crippen molar-refractivity contribution in [2.75, 3.05) is 27.4 Å². The predicted octanol–water partition coefficient (Wildman–Crippen LogP) is 4.17. The van der Waals surface area contributed by atoms with E-state index in [1.807, 2.05) is 18.2 Å². The summed E-state index contributed by atoms with van der Waals surface area (Å²) in [5.74, 6) is 2.31. The minimum Gasteiger partial charge on any atom is -0.493 e. The number of fused-ring (bicyclic) bond motifs is 1. The number of benzene rings is 2. The SMILES string of the molecule is COc1ccc([C@H]2OCC[C@H]3CO[C@@H](c4ccccc4)[C@@H]32)cc1OC. The second-order valence-corrected chi connectivity index (χ2v) is 6.70. The maximum Gasteiger partial charge on any atom is 0.161 e. The van der Waals surface area contributed by atoms with Gasteiger partial charge in [-0.05, 0) is 35.6 Å². The zero-order valence-corrected chi connectivity index (χ0v) is 14.7. The highest BCUT2D eigenvalue weighted by Crippen LogP contribution is 2.51. The molecule has 2 aromatic carbocycles. The summed E-state index contributed by atoms with van der Waals surface area (Å²) in [6.45, 7) is 1.57. The van der Waals surface area contributed by atoms with E-state index in [4.69, 9.17) is 18.9 Å². The molecule has 2 fully saturated rings. The third-order valence-electron chi connectivity index (χ3n) is 5.38. The van der Waals surface area contributed by atoms with Gasteiger partial charge in [-0.3, -0.25) is 0 Å². The van der Waals surface area contributed by atoms with Gasteiger partial charge in [-0.1, -0.05) is 36.4 Å². The van der Waals surface area contributed by atoms with Gasteiger partial charge in [0, 0.05) is 12.5 Å². The lowest BCUT2D eigenvalue weighted by atomic mass is 9.77. The van der Waals surface area contributed by atoms with E-state index in [2.05, 4.69) is 30.3 Å². The number of hydrogen-bond donors (Lipinski definition) is 0. The quantitative estimate of drug-likeness (QED) is 0.837. The van der Waals surface area contributed by atoms with Crippen molar-refractivity contribution < 1.29 is 18.9 Å². The van der Waals surface area contributed by atoms with Crippen molar-refractivity contribution in [2.45, 2.75) is 18.6 Å². The van der Waals surface area contributed by atoms with Crippen molar-refractivity contribution in [3.05, 3.63) is 59.7 Å².